The average molecular weight is 819 g/mol. The summed E-state index contributed by atoms with van der Waals surface area (Å²) >= 11 is 0. The van der Waals surface area contributed by atoms with Gasteiger partial charge in [-0.1, -0.05) is 62.8 Å². The largest absolute Gasteiger partial charge is 1.00 e. The Morgan fingerprint density at radius 1 is 0.482 bits per heavy atom. The molecule has 0 aliphatic heterocycles. The van der Waals surface area contributed by atoms with E-state index in [1.165, 1.54) is 24.3 Å². The van der Waals surface area contributed by atoms with Crippen molar-refractivity contribution < 1.29 is 93.4 Å². The summed E-state index contributed by atoms with van der Waals surface area (Å²) in [5, 5.41) is 0.988. The van der Waals surface area contributed by atoms with Gasteiger partial charge in [-0.05, 0) is 85.6 Å². The van der Waals surface area contributed by atoms with Crippen molar-refractivity contribution in [3.8, 4) is 34.3 Å². The molecule has 0 fully saturated rings. The van der Waals surface area contributed by atoms with E-state index in [4.69, 9.17) is 9.97 Å². The van der Waals surface area contributed by atoms with Gasteiger partial charge in [-0.3, -0.25) is 18.7 Å². The second-order valence-electron chi connectivity index (χ2n) is 12.7. The van der Waals surface area contributed by atoms with Gasteiger partial charge in [-0.25, -0.2) is 26.8 Å². The molecule has 18 heteroatoms. The maximum Gasteiger partial charge on any atom is 1.00 e. The Morgan fingerprint density at radius 3 is 1.14 bits per heavy atom. The summed E-state index contributed by atoms with van der Waals surface area (Å²) in [6.07, 6.45) is 7.18. The summed E-state index contributed by atoms with van der Waals surface area (Å²) in [4.78, 5) is 36.5. The molecule has 0 radical (unpaired) electrons. The average Bonchev–Trinajstić information content (AvgIpc) is 3.13. The van der Waals surface area contributed by atoms with Crippen molar-refractivity contribution in [2.24, 2.45) is 0 Å². The summed E-state index contributed by atoms with van der Waals surface area (Å²) in [6.45, 7) is 0.868. The molecule has 14 nitrogen and oxygen atoms in total. The molecule has 0 saturated carbocycles. The van der Waals surface area contributed by atoms with Crippen molar-refractivity contribution in [1.82, 2.24) is 19.1 Å². The summed E-state index contributed by atoms with van der Waals surface area (Å²) in [7, 11) is -9.84. The van der Waals surface area contributed by atoms with Crippen molar-refractivity contribution in [2.45, 2.75) is 64.5 Å². The first kappa shape index (κ1) is 45.3. The van der Waals surface area contributed by atoms with Crippen molar-refractivity contribution >= 4 is 42.6 Å². The SMILES string of the molecule is O=c1c2ccccc2nc(-c2ccc(OS(=O)(=O)[O-])cc2)n1CCCCCCCCCCn1c(-c2ccc(OS(=O)(=O)[O-])cc2)nc2ccccc2c1=O.[Na+].[Na+]. The van der Waals surface area contributed by atoms with Gasteiger partial charge in [0, 0.05) is 24.2 Å². The van der Waals surface area contributed by atoms with Gasteiger partial charge in [0.25, 0.3) is 31.9 Å². The number of fused-ring (bicyclic) bond motifs is 2. The fourth-order valence-electron chi connectivity index (χ4n) is 6.35. The Balaban J connectivity index is 0.00000348. The Hall–Kier alpha value is -3.42. The molecule has 282 valence electrons. The third-order valence-electron chi connectivity index (χ3n) is 8.86. The zero-order chi connectivity index (χ0) is 38.3. The van der Waals surface area contributed by atoms with E-state index in [-0.39, 0.29) is 81.7 Å². The van der Waals surface area contributed by atoms with Crippen LogP contribution in [0.1, 0.15) is 51.4 Å². The fourth-order valence-corrected chi connectivity index (χ4v) is 7.04. The van der Waals surface area contributed by atoms with Crippen LogP contribution in [0, 0.1) is 0 Å². The van der Waals surface area contributed by atoms with Crippen molar-refractivity contribution in [2.75, 3.05) is 0 Å². The molecular weight excluding hydrogens is 783 g/mol. The molecule has 6 rings (SSSR count). The third kappa shape index (κ3) is 12.0. The number of unbranched alkanes of at least 4 members (excludes halogenated alkanes) is 7. The number of para-hydroxylation sites is 2. The van der Waals surface area contributed by atoms with E-state index in [1.54, 1.807) is 81.9 Å². The number of hydrogen-bond acceptors (Lipinski definition) is 12. The molecule has 4 aromatic carbocycles. The van der Waals surface area contributed by atoms with E-state index in [2.05, 4.69) is 8.37 Å². The number of hydrogen-bond donors (Lipinski definition) is 0. The Kier molecular flexibility index (Phi) is 16.4. The van der Waals surface area contributed by atoms with Crippen LogP contribution in [0.4, 0.5) is 0 Å². The number of benzene rings is 4. The van der Waals surface area contributed by atoms with E-state index in [0.29, 0.717) is 57.7 Å². The van der Waals surface area contributed by atoms with Crippen molar-refractivity contribution in [1.29, 1.82) is 0 Å². The minimum absolute atomic E-state index is 0. The Bertz CT molecular complexity index is 2440. The van der Waals surface area contributed by atoms with Crippen LogP contribution in [0.5, 0.6) is 11.5 Å². The minimum Gasteiger partial charge on any atom is -0.716 e. The second kappa shape index (κ2) is 20.3. The second-order valence-corrected chi connectivity index (χ2v) is 14.6. The van der Waals surface area contributed by atoms with Crippen LogP contribution in [-0.4, -0.2) is 45.0 Å². The molecule has 0 aliphatic rings. The first-order valence-electron chi connectivity index (χ1n) is 17.4. The number of nitrogens with zero attached hydrogens (tertiary/aromatic N) is 4. The normalized spacial score (nSPS) is 11.5. The van der Waals surface area contributed by atoms with Gasteiger partial charge < -0.3 is 17.5 Å². The monoisotopic (exact) mass is 818 g/mol. The first-order valence-corrected chi connectivity index (χ1v) is 20.0. The summed E-state index contributed by atoms with van der Waals surface area (Å²) in [5.41, 5.74) is 1.86. The predicted molar refractivity (Wildman–Crippen MR) is 200 cm³/mol. The van der Waals surface area contributed by atoms with E-state index < -0.39 is 20.8 Å². The van der Waals surface area contributed by atoms with Crippen molar-refractivity contribution in [3.05, 3.63) is 118 Å². The van der Waals surface area contributed by atoms with Crippen molar-refractivity contribution in [3.63, 3.8) is 0 Å². The minimum atomic E-state index is -4.92. The van der Waals surface area contributed by atoms with Gasteiger partial charge in [0.15, 0.2) is 0 Å². The van der Waals surface area contributed by atoms with Crippen LogP contribution in [0.15, 0.2) is 107 Å². The summed E-state index contributed by atoms with van der Waals surface area (Å²) in [6, 6.07) is 25.7. The van der Waals surface area contributed by atoms with E-state index in [9.17, 15) is 35.5 Å². The first-order chi connectivity index (χ1) is 25.9. The van der Waals surface area contributed by atoms with Gasteiger partial charge in [0.05, 0.1) is 21.8 Å². The topological polar surface area (TPSA) is 203 Å². The molecule has 0 unspecified atom stereocenters. The van der Waals surface area contributed by atoms with Gasteiger partial charge in [0.1, 0.15) is 23.1 Å². The summed E-state index contributed by atoms with van der Waals surface area (Å²) < 4.78 is 78.0. The van der Waals surface area contributed by atoms with Gasteiger partial charge in [-0.15, -0.1) is 0 Å². The predicted octanol–water partition coefficient (Wildman–Crippen LogP) is -0.0526. The molecular formula is C38H36N4Na2O10S2. The maximum atomic E-state index is 13.5. The molecule has 2 heterocycles. The molecule has 0 spiro atoms. The molecule has 0 atom stereocenters. The smallest absolute Gasteiger partial charge is 0.716 e. The van der Waals surface area contributed by atoms with E-state index in [1.807, 2.05) is 0 Å². The van der Waals surface area contributed by atoms with E-state index in [0.717, 1.165) is 51.4 Å². The van der Waals surface area contributed by atoms with Crippen LogP contribution in [0.3, 0.4) is 0 Å². The molecule has 0 N–H and O–H groups in total. The van der Waals surface area contributed by atoms with Crippen LogP contribution >= 0.6 is 0 Å². The quantitative estimate of drug-likeness (QED) is 0.0515. The van der Waals surface area contributed by atoms with Gasteiger partial charge in [0.2, 0.25) is 0 Å². The zero-order valence-electron chi connectivity index (χ0n) is 31.0. The molecule has 0 aliphatic carbocycles. The molecule has 0 amide bonds. The van der Waals surface area contributed by atoms with Crippen LogP contribution < -0.4 is 78.6 Å². The number of rotatable bonds is 17. The Morgan fingerprint density at radius 2 is 0.804 bits per heavy atom. The Labute approximate surface area is 368 Å². The van der Waals surface area contributed by atoms with Gasteiger partial charge >= 0.3 is 59.1 Å². The standard InChI is InChI=1S/C38H38N4O10S2.2Na/c43-37-31-13-7-9-15-33(31)39-35(27-17-21-29(22-18-27)51-53(45,46)47)41(37)25-11-5-3-1-2-4-6-12-26-42-36(40-34-16-10-8-14-32(34)38(42)44)28-19-23-30(24-20-28)52-54(48,49)50;;/h7-10,13-24H,1-6,11-12,25-26H2,(H,45,46,47)(H,48,49,50);;/q;2*+1/p-2. The summed E-state index contributed by atoms with van der Waals surface area (Å²) in [5.74, 6) is 0.594. The molecule has 6 aromatic rings. The fraction of sp³-hybridized carbons (Fsp3) is 0.263. The van der Waals surface area contributed by atoms with Crippen LogP contribution in [-0.2, 0) is 33.9 Å². The number of aromatic nitrogens is 4. The molecule has 2 aromatic heterocycles. The molecule has 56 heavy (non-hydrogen) atoms. The van der Waals surface area contributed by atoms with E-state index >= 15 is 0 Å². The van der Waals surface area contributed by atoms with Crippen LogP contribution in [0.25, 0.3) is 44.6 Å². The molecule has 0 bridgehead atoms. The van der Waals surface area contributed by atoms with Gasteiger partial charge in [-0.2, -0.15) is 0 Å². The third-order valence-corrected chi connectivity index (χ3v) is 9.65. The zero-order valence-corrected chi connectivity index (χ0v) is 36.6. The van der Waals surface area contributed by atoms with Crippen LogP contribution in [0.2, 0.25) is 0 Å². The molecule has 0 saturated heterocycles. The maximum absolute atomic E-state index is 13.5.